The summed E-state index contributed by atoms with van der Waals surface area (Å²) < 4.78 is 0. The standard InChI is InChI=1S/C15H14N2O2S/c1-7-4-5-20-11(7)6-10-12-8(2)13(18)9(3)16-14(12)17-15(10)19/h4-6,18H,1-3H3,(H,16,17,19)/b10-6-. The van der Waals surface area contributed by atoms with Crippen LogP contribution in [0.2, 0.25) is 0 Å². The summed E-state index contributed by atoms with van der Waals surface area (Å²) in [5.41, 5.74) is 3.60. The molecular formula is C15H14N2O2S. The molecule has 5 heteroatoms. The van der Waals surface area contributed by atoms with Crippen LogP contribution in [0.1, 0.15) is 27.3 Å². The minimum absolute atomic E-state index is 0.147. The number of anilines is 1. The Morgan fingerprint density at radius 2 is 2.10 bits per heavy atom. The fourth-order valence-electron chi connectivity index (χ4n) is 2.35. The van der Waals surface area contributed by atoms with Crippen molar-refractivity contribution in [3.05, 3.63) is 38.7 Å². The minimum atomic E-state index is -0.173. The number of hydrogen-bond acceptors (Lipinski definition) is 4. The summed E-state index contributed by atoms with van der Waals surface area (Å²) in [6.45, 7) is 5.53. The van der Waals surface area contributed by atoms with Crippen LogP contribution < -0.4 is 5.32 Å². The van der Waals surface area contributed by atoms with E-state index in [0.717, 1.165) is 10.4 Å². The van der Waals surface area contributed by atoms with E-state index >= 15 is 0 Å². The number of hydrogen-bond donors (Lipinski definition) is 2. The highest BCUT2D eigenvalue weighted by molar-refractivity contribution is 7.11. The number of carbonyl (C=O) groups excluding carboxylic acids is 1. The summed E-state index contributed by atoms with van der Waals surface area (Å²) in [5.74, 6) is 0.505. The van der Waals surface area contributed by atoms with Crippen LogP contribution in [0.3, 0.4) is 0 Å². The molecule has 2 N–H and O–H groups in total. The molecule has 1 aliphatic rings. The van der Waals surface area contributed by atoms with Crippen molar-refractivity contribution in [3.8, 4) is 5.75 Å². The summed E-state index contributed by atoms with van der Waals surface area (Å²) in [4.78, 5) is 17.4. The van der Waals surface area contributed by atoms with Gasteiger partial charge in [-0.15, -0.1) is 11.3 Å². The lowest BCUT2D eigenvalue weighted by Crippen LogP contribution is -2.04. The monoisotopic (exact) mass is 286 g/mol. The van der Waals surface area contributed by atoms with Gasteiger partial charge in [0.2, 0.25) is 0 Å². The molecular weight excluding hydrogens is 272 g/mol. The van der Waals surface area contributed by atoms with Crippen molar-refractivity contribution in [2.75, 3.05) is 5.32 Å². The van der Waals surface area contributed by atoms with E-state index in [4.69, 9.17) is 0 Å². The van der Waals surface area contributed by atoms with Crippen molar-refractivity contribution >= 4 is 34.7 Å². The van der Waals surface area contributed by atoms with Crippen LogP contribution in [-0.4, -0.2) is 16.0 Å². The normalized spacial score (nSPS) is 15.6. The third-order valence-electron chi connectivity index (χ3n) is 3.51. The topological polar surface area (TPSA) is 62.2 Å². The first-order valence-electron chi connectivity index (χ1n) is 6.26. The number of aromatic nitrogens is 1. The molecule has 102 valence electrons. The highest BCUT2D eigenvalue weighted by Crippen LogP contribution is 2.39. The van der Waals surface area contributed by atoms with Gasteiger partial charge in [0.1, 0.15) is 11.6 Å². The number of nitrogens with zero attached hydrogens (tertiary/aromatic N) is 1. The van der Waals surface area contributed by atoms with Gasteiger partial charge >= 0.3 is 0 Å². The molecule has 2 aromatic rings. The van der Waals surface area contributed by atoms with E-state index in [1.165, 1.54) is 0 Å². The van der Waals surface area contributed by atoms with Crippen LogP contribution >= 0.6 is 11.3 Å². The first kappa shape index (κ1) is 12.9. The van der Waals surface area contributed by atoms with E-state index in [9.17, 15) is 9.90 Å². The van der Waals surface area contributed by atoms with E-state index < -0.39 is 0 Å². The second-order valence-corrected chi connectivity index (χ2v) is 5.82. The van der Waals surface area contributed by atoms with Gasteiger partial charge in [0.05, 0.1) is 11.3 Å². The van der Waals surface area contributed by atoms with Gasteiger partial charge in [-0.25, -0.2) is 4.98 Å². The highest BCUT2D eigenvalue weighted by atomic mass is 32.1. The van der Waals surface area contributed by atoms with Gasteiger partial charge in [0.15, 0.2) is 0 Å². The van der Waals surface area contributed by atoms with Crippen LogP contribution in [0.5, 0.6) is 5.75 Å². The molecule has 1 aliphatic heterocycles. The number of nitrogens with one attached hydrogen (secondary N) is 1. The zero-order valence-electron chi connectivity index (χ0n) is 11.4. The number of carbonyl (C=O) groups is 1. The second kappa shape index (κ2) is 4.45. The Labute approximate surface area is 120 Å². The van der Waals surface area contributed by atoms with Crippen LogP contribution in [0.25, 0.3) is 11.6 Å². The molecule has 0 unspecified atom stereocenters. The molecule has 4 nitrogen and oxygen atoms in total. The Hall–Kier alpha value is -2.14. The smallest absolute Gasteiger partial charge is 0.257 e. The first-order chi connectivity index (χ1) is 9.49. The van der Waals surface area contributed by atoms with Gasteiger partial charge in [-0.1, -0.05) is 0 Å². The Morgan fingerprint density at radius 3 is 2.75 bits per heavy atom. The lowest BCUT2D eigenvalue weighted by molar-refractivity contribution is -0.110. The maximum absolute atomic E-state index is 12.1. The van der Waals surface area contributed by atoms with Crippen LogP contribution in [0, 0.1) is 20.8 Å². The third kappa shape index (κ3) is 1.82. The highest BCUT2D eigenvalue weighted by Gasteiger charge is 2.29. The molecule has 0 atom stereocenters. The molecule has 0 fully saturated rings. The number of aromatic hydroxyl groups is 1. The maximum Gasteiger partial charge on any atom is 0.257 e. The van der Waals surface area contributed by atoms with E-state index in [1.54, 1.807) is 25.2 Å². The zero-order chi connectivity index (χ0) is 14.4. The lowest BCUT2D eigenvalue weighted by Gasteiger charge is -2.08. The Balaban J connectivity index is 2.23. The summed E-state index contributed by atoms with van der Waals surface area (Å²) in [6, 6.07) is 2.02. The first-order valence-corrected chi connectivity index (χ1v) is 7.14. The lowest BCUT2D eigenvalue weighted by atomic mass is 10.0. The van der Waals surface area contributed by atoms with Crippen LogP contribution in [-0.2, 0) is 4.79 Å². The van der Waals surface area contributed by atoms with E-state index in [0.29, 0.717) is 28.2 Å². The molecule has 0 aromatic carbocycles. The molecule has 3 heterocycles. The molecule has 0 saturated heterocycles. The maximum atomic E-state index is 12.1. The molecule has 2 aromatic heterocycles. The quantitative estimate of drug-likeness (QED) is 0.791. The Kier molecular flexibility index (Phi) is 2.87. The van der Waals surface area contributed by atoms with Crippen LogP contribution in [0.4, 0.5) is 5.82 Å². The second-order valence-electron chi connectivity index (χ2n) is 4.87. The fourth-order valence-corrected chi connectivity index (χ4v) is 3.21. The predicted octanol–water partition coefficient (Wildman–Crippen LogP) is 3.27. The number of fused-ring (bicyclic) bond motifs is 1. The van der Waals surface area contributed by atoms with Gasteiger partial charge in [0.25, 0.3) is 5.91 Å². The van der Waals surface area contributed by atoms with Crippen molar-refractivity contribution in [1.82, 2.24) is 4.98 Å². The molecule has 3 rings (SSSR count). The summed E-state index contributed by atoms with van der Waals surface area (Å²) in [7, 11) is 0. The average Bonchev–Trinajstić information content (AvgIpc) is 2.93. The third-order valence-corrected chi connectivity index (χ3v) is 4.48. The Bertz CT molecular complexity index is 759. The number of amides is 1. The number of thiophene rings is 1. The van der Waals surface area contributed by atoms with Crippen molar-refractivity contribution in [2.24, 2.45) is 0 Å². The summed E-state index contributed by atoms with van der Waals surface area (Å²) >= 11 is 1.59. The number of aryl methyl sites for hydroxylation is 2. The molecule has 1 amide bonds. The van der Waals surface area contributed by atoms with E-state index in [2.05, 4.69) is 10.3 Å². The van der Waals surface area contributed by atoms with Gasteiger partial charge in [0, 0.05) is 16.0 Å². The Morgan fingerprint density at radius 1 is 1.35 bits per heavy atom. The fraction of sp³-hybridized carbons (Fsp3) is 0.200. The van der Waals surface area contributed by atoms with Crippen molar-refractivity contribution in [2.45, 2.75) is 20.8 Å². The van der Waals surface area contributed by atoms with Crippen molar-refractivity contribution in [1.29, 1.82) is 0 Å². The molecule has 0 spiro atoms. The van der Waals surface area contributed by atoms with Gasteiger partial charge in [-0.05, 0) is 43.9 Å². The van der Waals surface area contributed by atoms with Gasteiger partial charge in [-0.3, -0.25) is 4.79 Å². The SMILES string of the molecule is Cc1ccsc1/C=C1\C(=O)Nc2nc(C)c(O)c(C)c21. The van der Waals surface area contributed by atoms with Gasteiger partial charge in [-0.2, -0.15) is 0 Å². The minimum Gasteiger partial charge on any atom is -0.506 e. The average molecular weight is 286 g/mol. The molecule has 0 aliphatic carbocycles. The summed E-state index contributed by atoms with van der Waals surface area (Å²) in [6.07, 6.45) is 1.87. The largest absolute Gasteiger partial charge is 0.506 e. The molecule has 0 bridgehead atoms. The van der Waals surface area contributed by atoms with Crippen LogP contribution in [0.15, 0.2) is 11.4 Å². The number of rotatable bonds is 1. The van der Waals surface area contributed by atoms with Crippen molar-refractivity contribution < 1.29 is 9.90 Å². The molecule has 0 radical (unpaired) electrons. The predicted molar refractivity (Wildman–Crippen MR) is 80.9 cm³/mol. The van der Waals surface area contributed by atoms with Gasteiger partial charge < -0.3 is 10.4 Å². The summed E-state index contributed by atoms with van der Waals surface area (Å²) in [5, 5.41) is 14.8. The van der Waals surface area contributed by atoms with Crippen molar-refractivity contribution in [3.63, 3.8) is 0 Å². The molecule has 0 saturated carbocycles. The van der Waals surface area contributed by atoms with E-state index in [1.807, 2.05) is 24.4 Å². The van der Waals surface area contributed by atoms with E-state index in [-0.39, 0.29) is 11.7 Å². The number of pyridine rings is 1. The zero-order valence-corrected chi connectivity index (χ0v) is 12.3. The molecule has 20 heavy (non-hydrogen) atoms.